The molecule has 0 saturated heterocycles. The summed E-state index contributed by atoms with van der Waals surface area (Å²) in [6, 6.07) is 5.85. The number of hydrogen-bond donors (Lipinski definition) is 0. The Balaban J connectivity index is 2.20. The van der Waals surface area contributed by atoms with E-state index in [1.54, 1.807) is 0 Å². The Labute approximate surface area is 111 Å². The van der Waals surface area contributed by atoms with Gasteiger partial charge in [0.15, 0.2) is 0 Å². The number of hydrogen-bond acceptors (Lipinski definition) is 4. The first-order valence-electron chi connectivity index (χ1n) is 4.51. The number of halogens is 2. The van der Waals surface area contributed by atoms with Crippen LogP contribution in [-0.2, 0) is 5.88 Å². The molecule has 6 heteroatoms. The van der Waals surface area contributed by atoms with Gasteiger partial charge < -0.3 is 4.74 Å². The fourth-order valence-corrected chi connectivity index (χ4v) is 2.46. The molecule has 0 saturated carbocycles. The summed E-state index contributed by atoms with van der Waals surface area (Å²) in [6.45, 7) is 2.02. The molecule has 0 radical (unpaired) electrons. The molecule has 0 aliphatic rings. The summed E-state index contributed by atoms with van der Waals surface area (Å²) in [4.78, 5) is 0. The molecule has 84 valence electrons. The van der Waals surface area contributed by atoms with Gasteiger partial charge in [0.05, 0.1) is 10.4 Å². The number of benzene rings is 1. The molecule has 0 aliphatic carbocycles. The predicted octanol–water partition coefficient (Wildman–Crippen LogP) is 4.14. The summed E-state index contributed by atoms with van der Waals surface area (Å²) >= 11 is 10.4. The average molecular weight is 320 g/mol. The van der Waals surface area contributed by atoms with E-state index in [0.29, 0.717) is 11.1 Å². The van der Waals surface area contributed by atoms with Crippen molar-refractivity contribution in [3.63, 3.8) is 0 Å². The zero-order valence-electron chi connectivity index (χ0n) is 8.41. The summed E-state index contributed by atoms with van der Waals surface area (Å²) in [5.74, 6) is 1.08. The minimum Gasteiger partial charge on any atom is -0.429 e. The molecule has 16 heavy (non-hydrogen) atoms. The zero-order valence-corrected chi connectivity index (χ0v) is 11.6. The van der Waals surface area contributed by atoms with Crippen LogP contribution in [0.3, 0.4) is 0 Å². The lowest BCUT2D eigenvalue weighted by Crippen LogP contribution is -1.85. The quantitative estimate of drug-likeness (QED) is 0.798. The molecule has 0 amide bonds. The van der Waals surface area contributed by atoms with Crippen LogP contribution < -0.4 is 4.74 Å². The van der Waals surface area contributed by atoms with Gasteiger partial charge in [-0.3, -0.25) is 0 Å². The number of alkyl halides is 1. The largest absolute Gasteiger partial charge is 0.429 e. The van der Waals surface area contributed by atoms with Crippen molar-refractivity contribution in [2.75, 3.05) is 0 Å². The van der Waals surface area contributed by atoms with Gasteiger partial charge in [0.2, 0.25) is 0 Å². The highest BCUT2D eigenvalue weighted by molar-refractivity contribution is 9.10. The fraction of sp³-hybridized carbons (Fsp3) is 0.200. The number of nitrogens with zero attached hydrogens (tertiary/aromatic N) is 2. The average Bonchev–Trinajstić information content (AvgIpc) is 2.70. The van der Waals surface area contributed by atoms with E-state index in [9.17, 15) is 0 Å². The molecule has 0 aliphatic heterocycles. The Morgan fingerprint density at radius 2 is 2.25 bits per heavy atom. The fourth-order valence-electron chi connectivity index (χ4n) is 1.12. The molecule has 0 spiro atoms. The number of aryl methyl sites for hydroxylation is 1. The van der Waals surface area contributed by atoms with Crippen molar-refractivity contribution in [3.05, 3.63) is 33.2 Å². The number of aromatic nitrogens is 2. The summed E-state index contributed by atoms with van der Waals surface area (Å²) < 4.78 is 6.48. The van der Waals surface area contributed by atoms with Gasteiger partial charge in [-0.25, -0.2) is 0 Å². The molecular weight excluding hydrogens is 312 g/mol. The Kier molecular flexibility index (Phi) is 3.78. The number of rotatable bonds is 3. The molecule has 0 bridgehead atoms. The van der Waals surface area contributed by atoms with E-state index in [1.165, 1.54) is 11.3 Å². The van der Waals surface area contributed by atoms with Crippen LogP contribution in [0.4, 0.5) is 0 Å². The van der Waals surface area contributed by atoms with Crippen molar-refractivity contribution in [2.24, 2.45) is 0 Å². The molecule has 1 heterocycles. The topological polar surface area (TPSA) is 35.0 Å². The van der Waals surface area contributed by atoms with Crippen molar-refractivity contribution in [1.29, 1.82) is 0 Å². The van der Waals surface area contributed by atoms with Crippen molar-refractivity contribution < 1.29 is 4.74 Å². The molecule has 0 N–H and O–H groups in total. The van der Waals surface area contributed by atoms with Crippen LogP contribution in [0.2, 0.25) is 0 Å². The second-order valence-electron chi connectivity index (χ2n) is 3.13. The SMILES string of the molecule is Cc1ccc(Oc2nnc(CCl)s2)c(Br)c1. The second kappa shape index (κ2) is 5.12. The standard InChI is InChI=1S/C10H8BrClN2OS/c1-6-2-3-8(7(11)4-6)15-10-14-13-9(5-12)16-10/h2-4H,5H2,1H3. The summed E-state index contributed by atoms with van der Waals surface area (Å²) in [5.41, 5.74) is 1.16. The molecule has 1 aromatic heterocycles. The van der Waals surface area contributed by atoms with Gasteiger partial charge in [0.25, 0.3) is 5.19 Å². The lowest BCUT2D eigenvalue weighted by atomic mass is 10.2. The molecule has 2 rings (SSSR count). The molecule has 2 aromatic rings. The van der Waals surface area contributed by atoms with E-state index < -0.39 is 0 Å². The van der Waals surface area contributed by atoms with Crippen LogP contribution in [0, 0.1) is 6.92 Å². The van der Waals surface area contributed by atoms with Gasteiger partial charge >= 0.3 is 0 Å². The van der Waals surface area contributed by atoms with E-state index in [0.717, 1.165) is 20.8 Å². The summed E-state index contributed by atoms with van der Waals surface area (Å²) in [7, 11) is 0. The van der Waals surface area contributed by atoms with Gasteiger partial charge in [0, 0.05) is 0 Å². The zero-order chi connectivity index (χ0) is 11.5. The van der Waals surface area contributed by atoms with Crippen molar-refractivity contribution in [3.8, 4) is 10.9 Å². The first-order valence-corrected chi connectivity index (χ1v) is 6.66. The van der Waals surface area contributed by atoms with Gasteiger partial charge in [-0.1, -0.05) is 22.5 Å². The van der Waals surface area contributed by atoms with E-state index in [-0.39, 0.29) is 0 Å². The molecule has 0 atom stereocenters. The Morgan fingerprint density at radius 3 is 2.88 bits per heavy atom. The first kappa shape index (κ1) is 11.8. The molecule has 1 aromatic carbocycles. The van der Waals surface area contributed by atoms with Crippen LogP contribution >= 0.6 is 38.9 Å². The van der Waals surface area contributed by atoms with Gasteiger partial charge in [0.1, 0.15) is 10.8 Å². The maximum Gasteiger partial charge on any atom is 0.299 e. The highest BCUT2D eigenvalue weighted by Gasteiger charge is 2.07. The van der Waals surface area contributed by atoms with Crippen LogP contribution in [0.1, 0.15) is 10.6 Å². The highest BCUT2D eigenvalue weighted by atomic mass is 79.9. The van der Waals surface area contributed by atoms with Crippen LogP contribution in [0.25, 0.3) is 0 Å². The summed E-state index contributed by atoms with van der Waals surface area (Å²) in [6.07, 6.45) is 0. The second-order valence-corrected chi connectivity index (χ2v) is 5.28. The van der Waals surface area contributed by atoms with Gasteiger partial charge in [-0.2, -0.15) is 0 Å². The lowest BCUT2D eigenvalue weighted by Gasteiger charge is -2.04. The van der Waals surface area contributed by atoms with Gasteiger partial charge in [-0.15, -0.1) is 16.7 Å². The lowest BCUT2D eigenvalue weighted by molar-refractivity contribution is 0.470. The normalized spacial score (nSPS) is 10.4. The Bertz CT molecular complexity index is 503. The monoisotopic (exact) mass is 318 g/mol. The van der Waals surface area contributed by atoms with Crippen LogP contribution in [-0.4, -0.2) is 10.2 Å². The third-order valence-corrected chi connectivity index (χ3v) is 3.68. The third kappa shape index (κ3) is 2.72. The Hall–Kier alpha value is -0.650. The third-order valence-electron chi connectivity index (χ3n) is 1.85. The first-order chi connectivity index (χ1) is 7.69. The summed E-state index contributed by atoms with van der Waals surface area (Å²) in [5, 5.41) is 9.01. The van der Waals surface area contributed by atoms with Gasteiger partial charge in [-0.05, 0) is 40.5 Å². The predicted molar refractivity (Wildman–Crippen MR) is 68.4 cm³/mol. The van der Waals surface area contributed by atoms with E-state index in [2.05, 4.69) is 26.1 Å². The molecule has 3 nitrogen and oxygen atoms in total. The smallest absolute Gasteiger partial charge is 0.299 e. The van der Waals surface area contributed by atoms with Crippen molar-refractivity contribution in [1.82, 2.24) is 10.2 Å². The van der Waals surface area contributed by atoms with Crippen LogP contribution in [0.15, 0.2) is 22.7 Å². The molecular formula is C10H8BrClN2OS. The maximum atomic E-state index is 5.64. The highest BCUT2D eigenvalue weighted by Crippen LogP contribution is 2.31. The van der Waals surface area contributed by atoms with Crippen LogP contribution in [0.5, 0.6) is 10.9 Å². The van der Waals surface area contributed by atoms with Crippen molar-refractivity contribution >= 4 is 38.9 Å². The Morgan fingerprint density at radius 1 is 1.44 bits per heavy atom. The van der Waals surface area contributed by atoms with E-state index in [4.69, 9.17) is 16.3 Å². The maximum absolute atomic E-state index is 5.64. The van der Waals surface area contributed by atoms with Crippen molar-refractivity contribution in [2.45, 2.75) is 12.8 Å². The molecule has 0 unspecified atom stereocenters. The van der Waals surface area contributed by atoms with E-state index >= 15 is 0 Å². The number of ether oxygens (including phenoxy) is 1. The minimum absolute atomic E-state index is 0.357. The van der Waals surface area contributed by atoms with E-state index in [1.807, 2.05) is 25.1 Å². The minimum atomic E-state index is 0.357. The molecule has 0 fully saturated rings.